The molecule has 1 heterocycles. The van der Waals surface area contributed by atoms with E-state index < -0.39 is 11.4 Å². The molecule has 1 amide bonds. The van der Waals surface area contributed by atoms with Crippen LogP contribution in [-0.4, -0.2) is 35.0 Å². The first-order valence-electron chi connectivity index (χ1n) is 7.26. The quantitative estimate of drug-likeness (QED) is 0.836. The van der Waals surface area contributed by atoms with Gasteiger partial charge in [-0.1, -0.05) is 20.3 Å². The fourth-order valence-electron chi connectivity index (χ4n) is 3.49. The molecule has 1 N–H and O–H groups in total. The van der Waals surface area contributed by atoms with Gasteiger partial charge in [-0.15, -0.1) is 0 Å². The SMILES string of the molecule is CC1(C)CCCC(C(=O)N2CCC(C)(C(=O)O)C2)C1. The summed E-state index contributed by atoms with van der Waals surface area (Å²) in [6, 6.07) is 0. The van der Waals surface area contributed by atoms with Crippen molar-refractivity contribution < 1.29 is 14.7 Å². The lowest BCUT2D eigenvalue weighted by Gasteiger charge is -2.36. The summed E-state index contributed by atoms with van der Waals surface area (Å²) in [4.78, 5) is 25.5. The molecule has 2 atom stereocenters. The summed E-state index contributed by atoms with van der Waals surface area (Å²) in [5.41, 5.74) is -0.506. The number of nitrogens with zero attached hydrogens (tertiary/aromatic N) is 1. The van der Waals surface area contributed by atoms with E-state index in [2.05, 4.69) is 13.8 Å². The van der Waals surface area contributed by atoms with Crippen molar-refractivity contribution in [3.63, 3.8) is 0 Å². The molecular weight excluding hydrogens is 242 g/mol. The van der Waals surface area contributed by atoms with Crippen molar-refractivity contribution in [2.24, 2.45) is 16.7 Å². The predicted molar refractivity (Wildman–Crippen MR) is 72.7 cm³/mol. The van der Waals surface area contributed by atoms with E-state index in [1.165, 1.54) is 6.42 Å². The minimum absolute atomic E-state index is 0.0971. The van der Waals surface area contributed by atoms with Crippen LogP contribution in [0.15, 0.2) is 0 Å². The minimum atomic E-state index is -0.785. The van der Waals surface area contributed by atoms with Crippen molar-refractivity contribution in [2.75, 3.05) is 13.1 Å². The molecule has 4 nitrogen and oxygen atoms in total. The summed E-state index contributed by atoms with van der Waals surface area (Å²) in [6.45, 7) is 7.15. The van der Waals surface area contributed by atoms with Crippen LogP contribution in [0, 0.1) is 16.7 Å². The van der Waals surface area contributed by atoms with Gasteiger partial charge in [0.2, 0.25) is 5.91 Å². The maximum atomic E-state index is 12.5. The van der Waals surface area contributed by atoms with Crippen molar-refractivity contribution in [1.82, 2.24) is 4.90 Å². The number of aliphatic carboxylic acids is 1. The highest BCUT2D eigenvalue weighted by Crippen LogP contribution is 2.40. The van der Waals surface area contributed by atoms with Crippen LogP contribution in [0.4, 0.5) is 0 Å². The number of carboxylic acid groups (broad SMARTS) is 1. The Morgan fingerprint density at radius 1 is 1.21 bits per heavy atom. The topological polar surface area (TPSA) is 57.6 Å². The minimum Gasteiger partial charge on any atom is -0.481 e. The second kappa shape index (κ2) is 4.80. The average molecular weight is 267 g/mol. The normalized spacial score (nSPS) is 34.3. The van der Waals surface area contributed by atoms with E-state index in [0.717, 1.165) is 19.3 Å². The second-order valence-electron chi connectivity index (χ2n) is 7.33. The summed E-state index contributed by atoms with van der Waals surface area (Å²) in [6.07, 6.45) is 4.76. The third-order valence-electron chi connectivity index (χ3n) is 4.86. The molecular formula is C15H25NO3. The molecule has 2 fully saturated rings. The Morgan fingerprint density at radius 2 is 1.89 bits per heavy atom. The molecule has 2 rings (SSSR count). The Kier molecular flexibility index (Phi) is 3.63. The van der Waals surface area contributed by atoms with Gasteiger partial charge in [-0.2, -0.15) is 0 Å². The van der Waals surface area contributed by atoms with Crippen LogP contribution in [0.5, 0.6) is 0 Å². The van der Waals surface area contributed by atoms with Crippen LogP contribution in [0.1, 0.15) is 52.9 Å². The zero-order chi connectivity index (χ0) is 14.3. The Labute approximate surface area is 115 Å². The molecule has 2 aliphatic rings. The summed E-state index contributed by atoms with van der Waals surface area (Å²) in [5.74, 6) is -0.510. The highest BCUT2D eigenvalue weighted by Gasteiger charge is 2.44. The lowest BCUT2D eigenvalue weighted by atomic mass is 9.72. The predicted octanol–water partition coefficient (Wildman–Crippen LogP) is 2.53. The van der Waals surface area contributed by atoms with Crippen molar-refractivity contribution in [2.45, 2.75) is 52.9 Å². The average Bonchev–Trinajstić information content (AvgIpc) is 2.71. The Bertz CT molecular complexity index is 391. The van der Waals surface area contributed by atoms with E-state index in [9.17, 15) is 14.7 Å². The summed E-state index contributed by atoms with van der Waals surface area (Å²) < 4.78 is 0. The van der Waals surface area contributed by atoms with Gasteiger partial charge in [0.25, 0.3) is 0 Å². The third kappa shape index (κ3) is 2.93. The smallest absolute Gasteiger partial charge is 0.311 e. The van der Waals surface area contributed by atoms with Crippen molar-refractivity contribution in [1.29, 1.82) is 0 Å². The fraction of sp³-hybridized carbons (Fsp3) is 0.867. The summed E-state index contributed by atoms with van der Waals surface area (Å²) >= 11 is 0. The lowest BCUT2D eigenvalue weighted by molar-refractivity contribution is -0.147. The van der Waals surface area contributed by atoms with Gasteiger partial charge in [-0.25, -0.2) is 0 Å². The largest absolute Gasteiger partial charge is 0.481 e. The zero-order valence-electron chi connectivity index (χ0n) is 12.2. The third-order valence-corrected chi connectivity index (χ3v) is 4.86. The molecule has 1 saturated heterocycles. The van der Waals surface area contributed by atoms with Crippen LogP contribution in [-0.2, 0) is 9.59 Å². The number of carbonyl (C=O) groups is 2. The van der Waals surface area contributed by atoms with Crippen LogP contribution in [0.25, 0.3) is 0 Å². The molecule has 0 aromatic rings. The Hall–Kier alpha value is -1.06. The highest BCUT2D eigenvalue weighted by atomic mass is 16.4. The molecule has 2 unspecified atom stereocenters. The molecule has 0 radical (unpaired) electrons. The fourth-order valence-corrected chi connectivity index (χ4v) is 3.49. The molecule has 1 saturated carbocycles. The molecule has 1 aliphatic carbocycles. The van der Waals surface area contributed by atoms with Crippen LogP contribution in [0.3, 0.4) is 0 Å². The number of hydrogen-bond donors (Lipinski definition) is 1. The molecule has 0 spiro atoms. The second-order valence-corrected chi connectivity index (χ2v) is 7.33. The first kappa shape index (κ1) is 14.4. The molecule has 1 aliphatic heterocycles. The van der Waals surface area contributed by atoms with Gasteiger partial charge in [-0.3, -0.25) is 9.59 Å². The van der Waals surface area contributed by atoms with E-state index >= 15 is 0 Å². The maximum absolute atomic E-state index is 12.5. The van der Waals surface area contributed by atoms with E-state index in [0.29, 0.717) is 19.5 Å². The maximum Gasteiger partial charge on any atom is 0.311 e. The lowest BCUT2D eigenvalue weighted by Crippen LogP contribution is -2.40. The number of amides is 1. The molecule has 19 heavy (non-hydrogen) atoms. The molecule has 0 aromatic heterocycles. The number of likely N-dealkylation sites (tertiary alicyclic amines) is 1. The van der Waals surface area contributed by atoms with Gasteiger partial charge < -0.3 is 10.0 Å². The summed E-state index contributed by atoms with van der Waals surface area (Å²) in [7, 11) is 0. The first-order valence-corrected chi connectivity index (χ1v) is 7.26. The monoisotopic (exact) mass is 267 g/mol. The van der Waals surface area contributed by atoms with Gasteiger partial charge in [0.05, 0.1) is 5.41 Å². The first-order chi connectivity index (χ1) is 8.73. The van der Waals surface area contributed by atoms with Crippen LogP contribution >= 0.6 is 0 Å². The van der Waals surface area contributed by atoms with Crippen LogP contribution < -0.4 is 0 Å². The molecule has 4 heteroatoms. The highest BCUT2D eigenvalue weighted by molar-refractivity contribution is 5.82. The van der Waals surface area contributed by atoms with E-state index in [1.54, 1.807) is 11.8 Å². The van der Waals surface area contributed by atoms with Gasteiger partial charge in [0.15, 0.2) is 0 Å². The van der Waals surface area contributed by atoms with E-state index in [4.69, 9.17) is 0 Å². The van der Waals surface area contributed by atoms with Crippen LogP contribution in [0.2, 0.25) is 0 Å². The van der Waals surface area contributed by atoms with Gasteiger partial charge in [0, 0.05) is 19.0 Å². The number of rotatable bonds is 2. The van der Waals surface area contributed by atoms with Crippen molar-refractivity contribution in [3.05, 3.63) is 0 Å². The van der Waals surface area contributed by atoms with Crippen molar-refractivity contribution in [3.8, 4) is 0 Å². The molecule has 0 bridgehead atoms. The Balaban J connectivity index is 2.00. The molecule has 108 valence electrons. The zero-order valence-corrected chi connectivity index (χ0v) is 12.2. The van der Waals surface area contributed by atoms with E-state index in [-0.39, 0.29) is 17.2 Å². The van der Waals surface area contributed by atoms with Gasteiger partial charge >= 0.3 is 5.97 Å². The van der Waals surface area contributed by atoms with E-state index in [1.807, 2.05) is 0 Å². The summed E-state index contributed by atoms with van der Waals surface area (Å²) in [5, 5.41) is 9.23. The van der Waals surface area contributed by atoms with Crippen molar-refractivity contribution >= 4 is 11.9 Å². The van der Waals surface area contributed by atoms with Gasteiger partial charge in [-0.05, 0) is 38.0 Å². The van der Waals surface area contributed by atoms with Gasteiger partial charge in [0.1, 0.15) is 0 Å². The molecule has 0 aromatic carbocycles. The standard InChI is InChI=1S/C15H25NO3/c1-14(2)6-4-5-11(9-14)12(17)16-8-7-15(3,10-16)13(18)19/h11H,4-10H2,1-3H3,(H,18,19). The Morgan fingerprint density at radius 3 is 2.42 bits per heavy atom. The number of hydrogen-bond acceptors (Lipinski definition) is 2. The number of carbonyl (C=O) groups excluding carboxylic acids is 1. The number of carboxylic acids is 1.